The van der Waals surface area contributed by atoms with E-state index in [1.165, 1.54) is 0 Å². The number of nitrogens with zero attached hydrogens (tertiary/aromatic N) is 2. The topological polar surface area (TPSA) is 155 Å². The number of aliphatic hydroxyl groups is 1. The summed E-state index contributed by atoms with van der Waals surface area (Å²) in [4.78, 5) is 47.8. The third kappa shape index (κ3) is 12.7. The molecule has 0 unspecified atom stereocenters. The first-order valence-electron chi connectivity index (χ1n) is 16.5. The van der Waals surface area contributed by atoms with E-state index in [1.54, 1.807) is 24.7 Å². The van der Waals surface area contributed by atoms with E-state index in [0.29, 0.717) is 12.8 Å². The van der Waals surface area contributed by atoms with Gasteiger partial charge in [0.05, 0.1) is 12.1 Å². The molecule has 0 saturated heterocycles. The number of amides is 4. The van der Waals surface area contributed by atoms with E-state index in [1.807, 2.05) is 99.6 Å². The first kappa shape index (κ1) is 36.5. The summed E-state index contributed by atoms with van der Waals surface area (Å²) in [7, 11) is 0. The van der Waals surface area contributed by atoms with E-state index in [-0.39, 0.29) is 25.5 Å². The van der Waals surface area contributed by atoms with Crippen molar-refractivity contribution in [1.29, 1.82) is 0 Å². The highest BCUT2D eigenvalue weighted by Gasteiger charge is 2.31. The van der Waals surface area contributed by atoms with Crippen LogP contribution in [0.3, 0.4) is 0 Å². The Hall–Kier alpha value is -5.29. The number of rotatable bonds is 16. The van der Waals surface area contributed by atoms with Crippen LogP contribution in [0.15, 0.2) is 104 Å². The average molecular weight is 667 g/mol. The lowest BCUT2D eigenvalue weighted by Crippen LogP contribution is -2.57. The zero-order valence-electron chi connectivity index (χ0n) is 28.2. The maximum Gasteiger partial charge on any atom is 0.407 e. The zero-order chi connectivity index (χ0) is 35.0. The van der Waals surface area contributed by atoms with Crippen LogP contribution in [0.4, 0.5) is 9.59 Å². The van der Waals surface area contributed by atoms with Gasteiger partial charge in [-0.25, -0.2) is 9.59 Å². The molecule has 0 aliphatic carbocycles. The van der Waals surface area contributed by atoms with Crippen LogP contribution in [-0.2, 0) is 35.5 Å². The van der Waals surface area contributed by atoms with E-state index >= 15 is 0 Å². The summed E-state index contributed by atoms with van der Waals surface area (Å²) in [5.41, 5.74) is 4.33. The van der Waals surface area contributed by atoms with E-state index < -0.39 is 42.3 Å². The van der Waals surface area contributed by atoms with Crippen LogP contribution in [0.25, 0.3) is 0 Å². The number of urea groups is 1. The molecule has 4 rings (SSSR count). The van der Waals surface area contributed by atoms with Gasteiger partial charge in [0.15, 0.2) is 0 Å². The second-order valence-electron chi connectivity index (χ2n) is 12.4. The Morgan fingerprint density at radius 1 is 0.776 bits per heavy atom. The minimum absolute atomic E-state index is 0.0477. The van der Waals surface area contributed by atoms with Crippen molar-refractivity contribution in [3.8, 4) is 0 Å². The summed E-state index contributed by atoms with van der Waals surface area (Å²) < 4.78 is 5.46. The maximum atomic E-state index is 13.7. The molecule has 0 radical (unpaired) electrons. The molecular weight excluding hydrogens is 620 g/mol. The van der Waals surface area contributed by atoms with Crippen LogP contribution < -0.4 is 21.3 Å². The molecule has 0 fully saturated rings. The lowest BCUT2D eigenvalue weighted by atomic mass is 9.93. The van der Waals surface area contributed by atoms with Crippen molar-refractivity contribution in [3.63, 3.8) is 0 Å². The maximum absolute atomic E-state index is 13.7. The van der Waals surface area contributed by atoms with Crippen LogP contribution >= 0.6 is 0 Å². The van der Waals surface area contributed by atoms with E-state index in [0.717, 1.165) is 27.9 Å². The Kier molecular flexibility index (Phi) is 14.1. The van der Waals surface area contributed by atoms with Gasteiger partial charge >= 0.3 is 12.1 Å². The lowest BCUT2D eigenvalue weighted by molar-refractivity contribution is -0.125. The SMILES string of the molecule is Cc1ccc(CNC(=O)N[C@H](C(=O)N[C@@H](Cc2ccccc2)[C@@H](O)C[C@H](Cc2ccccc2)NC(=O)OCc2cccnc2)C(C)C)cn1. The highest BCUT2D eigenvalue weighted by molar-refractivity contribution is 5.87. The van der Waals surface area contributed by atoms with Crippen molar-refractivity contribution < 1.29 is 24.2 Å². The number of carbonyl (C=O) groups excluding carboxylic acids is 3. The molecule has 0 saturated carbocycles. The van der Waals surface area contributed by atoms with Crippen LogP contribution in [0.2, 0.25) is 0 Å². The number of pyridine rings is 2. The van der Waals surface area contributed by atoms with Gasteiger partial charge in [0, 0.05) is 42.4 Å². The molecule has 4 atom stereocenters. The van der Waals surface area contributed by atoms with Crippen molar-refractivity contribution >= 4 is 18.0 Å². The predicted molar refractivity (Wildman–Crippen MR) is 187 cm³/mol. The number of ether oxygens (including phenoxy) is 1. The van der Waals surface area contributed by atoms with Crippen LogP contribution in [0.1, 0.15) is 48.2 Å². The normalized spacial score (nSPS) is 13.4. The molecule has 11 heteroatoms. The van der Waals surface area contributed by atoms with Crippen molar-refractivity contribution in [1.82, 2.24) is 31.2 Å². The van der Waals surface area contributed by atoms with Gasteiger partial charge in [-0.1, -0.05) is 86.6 Å². The number of alkyl carbamates (subject to hydrolysis) is 1. The summed E-state index contributed by atoms with van der Waals surface area (Å²) in [6, 6.07) is 23.9. The lowest BCUT2D eigenvalue weighted by Gasteiger charge is -2.30. The number of hydrogen-bond donors (Lipinski definition) is 5. The van der Waals surface area contributed by atoms with Crippen molar-refractivity contribution in [2.45, 2.75) is 77.4 Å². The standard InChI is InChI=1S/C38H46N6O5/c1-26(2)35(44-37(47)41-24-30-17-16-27(3)40-23-30)36(46)43-33(20-29-13-8-5-9-14-29)34(45)21-32(19-28-11-6-4-7-12-28)42-38(48)49-25-31-15-10-18-39-22-31/h4-18,22-23,26,32-35,45H,19-21,24-25H2,1-3H3,(H,42,48)(H,43,46)(H2,41,44,47)/t32-,33-,34-,35-/m0/s1. The molecule has 5 N–H and O–H groups in total. The monoisotopic (exact) mass is 666 g/mol. The first-order valence-corrected chi connectivity index (χ1v) is 16.5. The third-order valence-corrected chi connectivity index (χ3v) is 8.02. The van der Waals surface area contributed by atoms with E-state index in [9.17, 15) is 19.5 Å². The number of hydrogen-bond acceptors (Lipinski definition) is 7. The summed E-state index contributed by atoms with van der Waals surface area (Å²) in [6.45, 7) is 5.87. The molecule has 2 heterocycles. The number of aliphatic hydroxyl groups excluding tert-OH is 1. The van der Waals surface area contributed by atoms with Gasteiger partial charge in [-0.3, -0.25) is 14.8 Å². The van der Waals surface area contributed by atoms with Crippen LogP contribution in [-0.4, -0.2) is 57.3 Å². The largest absolute Gasteiger partial charge is 0.445 e. The predicted octanol–water partition coefficient (Wildman–Crippen LogP) is 4.63. The van der Waals surface area contributed by atoms with Gasteiger partial charge in [-0.2, -0.15) is 0 Å². The zero-order valence-corrected chi connectivity index (χ0v) is 28.2. The quantitative estimate of drug-likeness (QED) is 0.117. The van der Waals surface area contributed by atoms with Gasteiger partial charge in [-0.15, -0.1) is 0 Å². The molecule has 11 nitrogen and oxygen atoms in total. The summed E-state index contributed by atoms with van der Waals surface area (Å²) >= 11 is 0. The van der Waals surface area contributed by atoms with Gasteiger partial charge in [0.1, 0.15) is 12.6 Å². The molecule has 4 amide bonds. The molecule has 49 heavy (non-hydrogen) atoms. The third-order valence-electron chi connectivity index (χ3n) is 8.02. The molecule has 0 spiro atoms. The number of aryl methyl sites for hydroxylation is 1. The van der Waals surface area contributed by atoms with Crippen LogP contribution in [0.5, 0.6) is 0 Å². The highest BCUT2D eigenvalue weighted by Crippen LogP contribution is 2.15. The Bertz CT molecular complexity index is 1590. The smallest absolute Gasteiger partial charge is 0.407 e. The van der Waals surface area contributed by atoms with Crippen molar-refractivity contribution in [2.24, 2.45) is 5.92 Å². The Labute approximate surface area is 287 Å². The molecular formula is C38H46N6O5. The number of nitrogens with one attached hydrogen (secondary N) is 4. The summed E-state index contributed by atoms with van der Waals surface area (Å²) in [5.74, 6) is -0.672. The summed E-state index contributed by atoms with van der Waals surface area (Å²) in [5, 5.41) is 23.2. The van der Waals surface area contributed by atoms with Gasteiger partial charge in [0.25, 0.3) is 0 Å². The number of carbonyl (C=O) groups is 3. The molecule has 0 aliphatic rings. The fourth-order valence-corrected chi connectivity index (χ4v) is 5.32. The minimum Gasteiger partial charge on any atom is -0.445 e. The average Bonchev–Trinajstić information content (AvgIpc) is 3.10. The molecule has 4 aromatic rings. The van der Waals surface area contributed by atoms with Crippen molar-refractivity contribution in [2.75, 3.05) is 0 Å². The minimum atomic E-state index is -1.06. The number of aromatic nitrogens is 2. The fourth-order valence-electron chi connectivity index (χ4n) is 5.32. The Morgan fingerprint density at radius 2 is 1.45 bits per heavy atom. The highest BCUT2D eigenvalue weighted by atomic mass is 16.5. The second-order valence-corrected chi connectivity index (χ2v) is 12.4. The first-order chi connectivity index (χ1) is 23.7. The molecule has 2 aromatic carbocycles. The van der Waals surface area contributed by atoms with Crippen LogP contribution in [0, 0.1) is 12.8 Å². The fraction of sp³-hybridized carbons (Fsp3) is 0.342. The van der Waals surface area contributed by atoms with E-state index in [2.05, 4.69) is 31.2 Å². The molecule has 258 valence electrons. The van der Waals surface area contributed by atoms with Gasteiger partial charge in [-0.05, 0) is 60.9 Å². The van der Waals surface area contributed by atoms with E-state index in [4.69, 9.17) is 4.74 Å². The second kappa shape index (κ2) is 18.9. The molecule has 0 bridgehead atoms. The Balaban J connectivity index is 1.45. The molecule has 2 aromatic heterocycles. The molecule has 0 aliphatic heterocycles. The summed E-state index contributed by atoms with van der Waals surface area (Å²) in [6.07, 6.45) is 4.15. The van der Waals surface area contributed by atoms with Gasteiger partial charge < -0.3 is 31.1 Å². The van der Waals surface area contributed by atoms with Crippen molar-refractivity contribution in [3.05, 3.63) is 131 Å². The Morgan fingerprint density at radius 3 is 2.06 bits per heavy atom. The number of benzene rings is 2. The van der Waals surface area contributed by atoms with Gasteiger partial charge in [0.2, 0.25) is 5.91 Å².